The topological polar surface area (TPSA) is 98.7 Å². The summed E-state index contributed by atoms with van der Waals surface area (Å²) in [5.41, 5.74) is 0. The molecule has 0 bridgehead atoms. The average Bonchev–Trinajstić information content (AvgIpc) is 2.45. The molecule has 21 heavy (non-hydrogen) atoms. The lowest BCUT2D eigenvalue weighted by molar-refractivity contribution is -0.144. The molecule has 1 unspecified atom stereocenters. The Hall–Kier alpha value is -1.44. The zero-order valence-electron chi connectivity index (χ0n) is 12.3. The monoisotopic (exact) mass is 317 g/mol. The van der Waals surface area contributed by atoms with Gasteiger partial charge in [-0.15, -0.1) is 0 Å². The van der Waals surface area contributed by atoms with Crippen LogP contribution < -0.4 is 10.6 Å². The van der Waals surface area contributed by atoms with Gasteiger partial charge in [0.25, 0.3) is 0 Å². The van der Waals surface area contributed by atoms with Crippen molar-refractivity contribution in [2.45, 2.75) is 31.7 Å². The van der Waals surface area contributed by atoms with Crippen LogP contribution >= 0.6 is 11.8 Å². The number of nitrogens with zero attached hydrogens (tertiary/aromatic N) is 1. The Morgan fingerprint density at radius 3 is 2.76 bits per heavy atom. The molecule has 1 atom stereocenters. The van der Waals surface area contributed by atoms with E-state index in [9.17, 15) is 14.4 Å². The summed E-state index contributed by atoms with van der Waals surface area (Å²) < 4.78 is 0. The molecule has 0 saturated carbocycles. The predicted molar refractivity (Wildman–Crippen MR) is 81.4 cm³/mol. The zero-order valence-corrected chi connectivity index (χ0v) is 13.1. The molecule has 7 nitrogen and oxygen atoms in total. The molecule has 1 saturated heterocycles. The second kappa shape index (κ2) is 9.49. The van der Waals surface area contributed by atoms with Gasteiger partial charge < -0.3 is 15.7 Å². The molecule has 120 valence electrons. The highest BCUT2D eigenvalue weighted by atomic mass is 32.2. The van der Waals surface area contributed by atoms with Crippen molar-refractivity contribution in [3.8, 4) is 0 Å². The van der Waals surface area contributed by atoms with Gasteiger partial charge in [0.15, 0.2) is 0 Å². The molecule has 0 aromatic carbocycles. The Morgan fingerprint density at radius 1 is 1.38 bits per heavy atom. The molecule has 0 spiro atoms. The van der Waals surface area contributed by atoms with Gasteiger partial charge in [-0.1, -0.05) is 12.8 Å². The highest BCUT2D eigenvalue weighted by Crippen LogP contribution is 2.06. The van der Waals surface area contributed by atoms with Crippen molar-refractivity contribution >= 4 is 29.7 Å². The molecular formula is C13H23N3O4S. The standard InChI is InChI=1S/C13H23N3O4S/c1-21-7-5-3-2-4-6-14-13(20)16-9-11(17)15-8-10(16)12(18)19/h10H,2-9H2,1H3,(H,14,20)(H,15,17)(H,18,19). The van der Waals surface area contributed by atoms with Crippen LogP contribution in [0.3, 0.4) is 0 Å². The largest absolute Gasteiger partial charge is 0.480 e. The van der Waals surface area contributed by atoms with Crippen LogP contribution in [0, 0.1) is 0 Å². The van der Waals surface area contributed by atoms with E-state index >= 15 is 0 Å². The normalized spacial score (nSPS) is 18.2. The van der Waals surface area contributed by atoms with E-state index in [-0.39, 0.29) is 19.0 Å². The number of urea groups is 1. The van der Waals surface area contributed by atoms with Crippen molar-refractivity contribution in [1.82, 2.24) is 15.5 Å². The second-order valence-electron chi connectivity index (χ2n) is 4.92. The molecule has 1 rings (SSSR count). The maximum Gasteiger partial charge on any atom is 0.328 e. The number of piperazine rings is 1. The maximum atomic E-state index is 12.0. The Bertz CT molecular complexity index is 378. The van der Waals surface area contributed by atoms with Gasteiger partial charge in [0, 0.05) is 13.1 Å². The van der Waals surface area contributed by atoms with Crippen LogP contribution in [0.1, 0.15) is 25.7 Å². The zero-order chi connectivity index (χ0) is 15.7. The first-order chi connectivity index (χ1) is 10.1. The summed E-state index contributed by atoms with van der Waals surface area (Å²) in [6.45, 7) is 0.245. The van der Waals surface area contributed by atoms with E-state index in [2.05, 4.69) is 16.9 Å². The minimum atomic E-state index is -1.11. The quantitative estimate of drug-likeness (QED) is 0.566. The molecule has 3 amide bonds. The van der Waals surface area contributed by atoms with Crippen molar-refractivity contribution in [3.05, 3.63) is 0 Å². The van der Waals surface area contributed by atoms with Gasteiger partial charge in [-0.2, -0.15) is 11.8 Å². The summed E-state index contributed by atoms with van der Waals surface area (Å²) in [5.74, 6) is -0.294. The fourth-order valence-corrected chi connectivity index (χ4v) is 2.59. The third-order valence-electron chi connectivity index (χ3n) is 3.28. The minimum Gasteiger partial charge on any atom is -0.480 e. The number of nitrogens with one attached hydrogen (secondary N) is 2. The molecule has 8 heteroatoms. The fourth-order valence-electron chi connectivity index (χ4n) is 2.10. The second-order valence-corrected chi connectivity index (χ2v) is 5.91. The highest BCUT2D eigenvalue weighted by molar-refractivity contribution is 7.98. The first-order valence-corrected chi connectivity index (χ1v) is 8.48. The summed E-state index contributed by atoms with van der Waals surface area (Å²) in [7, 11) is 0. The van der Waals surface area contributed by atoms with Gasteiger partial charge >= 0.3 is 12.0 Å². The molecule has 0 aliphatic carbocycles. The van der Waals surface area contributed by atoms with Crippen molar-refractivity contribution < 1.29 is 19.5 Å². The van der Waals surface area contributed by atoms with E-state index in [0.29, 0.717) is 6.54 Å². The van der Waals surface area contributed by atoms with E-state index in [1.807, 2.05) is 11.8 Å². The number of rotatable bonds is 8. The maximum absolute atomic E-state index is 12.0. The van der Waals surface area contributed by atoms with Gasteiger partial charge in [-0.3, -0.25) is 9.69 Å². The molecule has 0 aromatic heterocycles. The third kappa shape index (κ3) is 6.24. The number of thioether (sulfide) groups is 1. The average molecular weight is 317 g/mol. The smallest absolute Gasteiger partial charge is 0.328 e. The van der Waals surface area contributed by atoms with Crippen LogP contribution in [-0.2, 0) is 9.59 Å². The van der Waals surface area contributed by atoms with E-state index < -0.39 is 18.0 Å². The molecular weight excluding hydrogens is 294 g/mol. The third-order valence-corrected chi connectivity index (χ3v) is 3.98. The predicted octanol–water partition coefficient (Wildman–Crippen LogP) is 0.504. The Labute approximate surface area is 128 Å². The van der Waals surface area contributed by atoms with E-state index in [1.165, 1.54) is 6.42 Å². The van der Waals surface area contributed by atoms with Crippen molar-refractivity contribution in [2.75, 3.05) is 31.6 Å². The number of carboxylic acid groups (broad SMARTS) is 1. The number of unbranched alkanes of at least 4 members (excludes halogenated alkanes) is 3. The van der Waals surface area contributed by atoms with Gasteiger partial charge in [0.2, 0.25) is 5.91 Å². The molecule has 0 aromatic rings. The van der Waals surface area contributed by atoms with Gasteiger partial charge in [0.1, 0.15) is 12.6 Å². The Morgan fingerprint density at radius 2 is 2.10 bits per heavy atom. The minimum absolute atomic E-state index is 0.0454. The number of hydrogen-bond acceptors (Lipinski definition) is 4. The van der Waals surface area contributed by atoms with Crippen LogP contribution in [0.4, 0.5) is 4.79 Å². The first kappa shape index (κ1) is 17.6. The molecule has 3 N–H and O–H groups in total. The van der Waals surface area contributed by atoms with Gasteiger partial charge in [0.05, 0.1) is 0 Å². The number of hydrogen-bond donors (Lipinski definition) is 3. The first-order valence-electron chi connectivity index (χ1n) is 7.09. The van der Waals surface area contributed by atoms with Crippen LogP contribution in [0.5, 0.6) is 0 Å². The van der Waals surface area contributed by atoms with E-state index in [0.717, 1.165) is 29.9 Å². The van der Waals surface area contributed by atoms with E-state index in [1.54, 1.807) is 0 Å². The van der Waals surface area contributed by atoms with Crippen LogP contribution in [0.25, 0.3) is 0 Å². The number of carbonyl (C=O) groups is 3. The molecule has 1 aliphatic heterocycles. The lowest BCUT2D eigenvalue weighted by atomic mass is 10.2. The van der Waals surface area contributed by atoms with Crippen molar-refractivity contribution in [3.63, 3.8) is 0 Å². The number of aliphatic carboxylic acids is 1. The summed E-state index contributed by atoms with van der Waals surface area (Å²) in [6.07, 6.45) is 6.26. The van der Waals surface area contributed by atoms with Crippen molar-refractivity contribution in [2.24, 2.45) is 0 Å². The van der Waals surface area contributed by atoms with E-state index in [4.69, 9.17) is 5.11 Å². The molecule has 0 radical (unpaired) electrons. The summed E-state index contributed by atoms with van der Waals surface area (Å²) >= 11 is 1.82. The number of carbonyl (C=O) groups excluding carboxylic acids is 2. The SMILES string of the molecule is CSCCCCCCNC(=O)N1CC(=O)NCC1C(=O)O. The van der Waals surface area contributed by atoms with Gasteiger partial charge in [-0.05, 0) is 24.9 Å². The molecule has 1 aliphatic rings. The highest BCUT2D eigenvalue weighted by Gasteiger charge is 2.34. The van der Waals surface area contributed by atoms with Crippen LogP contribution in [0.2, 0.25) is 0 Å². The van der Waals surface area contributed by atoms with Gasteiger partial charge in [-0.25, -0.2) is 9.59 Å². The number of carboxylic acids is 1. The van der Waals surface area contributed by atoms with Crippen molar-refractivity contribution in [1.29, 1.82) is 0 Å². The fraction of sp³-hybridized carbons (Fsp3) is 0.769. The lowest BCUT2D eigenvalue weighted by Gasteiger charge is -2.32. The summed E-state index contributed by atoms with van der Waals surface area (Å²) in [4.78, 5) is 35.4. The Balaban J connectivity index is 2.28. The lowest BCUT2D eigenvalue weighted by Crippen LogP contribution is -2.61. The summed E-state index contributed by atoms with van der Waals surface area (Å²) in [5, 5.41) is 14.2. The molecule has 1 heterocycles. The van der Waals surface area contributed by atoms with Crippen LogP contribution in [0.15, 0.2) is 0 Å². The van der Waals surface area contributed by atoms with Crippen LogP contribution in [-0.4, -0.2) is 65.6 Å². The Kier molecular flexibility index (Phi) is 7.96. The number of amides is 3. The molecule has 1 fully saturated rings. The summed E-state index contributed by atoms with van der Waals surface area (Å²) in [6, 6.07) is -1.48.